The third kappa shape index (κ3) is 3.17. The van der Waals surface area contributed by atoms with Gasteiger partial charge in [0.2, 0.25) is 0 Å². The van der Waals surface area contributed by atoms with Crippen molar-refractivity contribution in [2.75, 3.05) is 6.54 Å². The lowest BCUT2D eigenvalue weighted by molar-refractivity contribution is 0.421. The topological polar surface area (TPSA) is 73.7 Å². The molecule has 0 amide bonds. The molecule has 7 nitrogen and oxygen atoms in total. The molecule has 0 spiro atoms. The monoisotopic (exact) mass is 360 g/mol. The first kappa shape index (κ1) is 16.0. The fourth-order valence-corrected chi connectivity index (χ4v) is 3.44. The molecule has 1 aromatic carbocycles. The Kier molecular flexibility index (Phi) is 4.06. The minimum absolute atomic E-state index is 0.589. The van der Waals surface area contributed by atoms with E-state index in [1.807, 2.05) is 42.6 Å². The van der Waals surface area contributed by atoms with Crippen molar-refractivity contribution in [3.8, 4) is 22.8 Å². The Morgan fingerprint density at radius 2 is 2.07 bits per heavy atom. The van der Waals surface area contributed by atoms with Gasteiger partial charge in [-0.1, -0.05) is 35.5 Å². The molecule has 4 aromatic rings. The molecule has 3 aromatic heterocycles. The van der Waals surface area contributed by atoms with Gasteiger partial charge in [0.15, 0.2) is 11.6 Å². The molecule has 0 atom stereocenters. The van der Waals surface area contributed by atoms with Crippen LogP contribution in [-0.4, -0.2) is 31.0 Å². The van der Waals surface area contributed by atoms with Gasteiger partial charge >= 0.3 is 0 Å². The lowest BCUT2D eigenvalue weighted by atomic mass is 10.1. The van der Waals surface area contributed by atoms with E-state index >= 15 is 0 Å². The molecule has 0 saturated carbocycles. The van der Waals surface area contributed by atoms with Gasteiger partial charge < -0.3 is 14.4 Å². The molecule has 1 N–H and O–H groups in total. The molecule has 0 aliphatic carbocycles. The maximum Gasteiger partial charge on any atom is 0.167 e. The number of hydrogen-bond acceptors (Lipinski definition) is 5. The lowest BCUT2D eigenvalue weighted by Crippen LogP contribution is -2.11. The van der Waals surface area contributed by atoms with Crippen LogP contribution in [0.25, 0.3) is 22.8 Å². The van der Waals surface area contributed by atoms with Crippen molar-refractivity contribution in [1.29, 1.82) is 0 Å². The summed E-state index contributed by atoms with van der Waals surface area (Å²) < 4.78 is 9.65. The summed E-state index contributed by atoms with van der Waals surface area (Å²) in [5.41, 5.74) is 3.97. The molecule has 0 radical (unpaired) electrons. The summed E-state index contributed by atoms with van der Waals surface area (Å²) in [5, 5.41) is 12.4. The fourth-order valence-electron chi connectivity index (χ4n) is 3.44. The molecule has 27 heavy (non-hydrogen) atoms. The molecular weight excluding hydrogens is 340 g/mol. The lowest BCUT2D eigenvalue weighted by Gasteiger charge is -2.03. The van der Waals surface area contributed by atoms with Crippen LogP contribution >= 0.6 is 0 Å². The smallest absolute Gasteiger partial charge is 0.167 e. The highest BCUT2D eigenvalue weighted by Crippen LogP contribution is 2.23. The Morgan fingerprint density at radius 1 is 1.15 bits per heavy atom. The Hall–Kier alpha value is -3.19. The van der Waals surface area contributed by atoms with E-state index in [2.05, 4.69) is 30.8 Å². The van der Waals surface area contributed by atoms with Crippen molar-refractivity contribution in [3.63, 3.8) is 0 Å². The summed E-state index contributed by atoms with van der Waals surface area (Å²) in [5.74, 6) is 1.62. The zero-order valence-electron chi connectivity index (χ0n) is 14.9. The minimum atomic E-state index is 0.589. The van der Waals surface area contributed by atoms with Gasteiger partial charge in [0, 0.05) is 37.1 Å². The van der Waals surface area contributed by atoms with E-state index < -0.39 is 0 Å². The van der Waals surface area contributed by atoms with Crippen LogP contribution in [0.5, 0.6) is 0 Å². The van der Waals surface area contributed by atoms with Gasteiger partial charge in [-0.05, 0) is 19.0 Å². The number of nitrogens with one attached hydrogen (secondary N) is 1. The van der Waals surface area contributed by atoms with Crippen LogP contribution in [0.1, 0.15) is 17.8 Å². The Balaban J connectivity index is 1.41. The quantitative estimate of drug-likeness (QED) is 0.606. The average molecular weight is 360 g/mol. The number of hydrogen-bond donors (Lipinski definition) is 1. The number of imidazole rings is 1. The molecule has 7 heteroatoms. The van der Waals surface area contributed by atoms with E-state index in [1.54, 1.807) is 6.20 Å². The highest BCUT2D eigenvalue weighted by Gasteiger charge is 2.16. The van der Waals surface area contributed by atoms with Crippen molar-refractivity contribution in [1.82, 2.24) is 29.8 Å². The summed E-state index contributed by atoms with van der Waals surface area (Å²) in [6, 6.07) is 14.1. The number of fused-ring (bicyclic) bond motifs is 1. The summed E-state index contributed by atoms with van der Waals surface area (Å²) in [7, 11) is 0. The second-order valence-electron chi connectivity index (χ2n) is 6.70. The second-order valence-corrected chi connectivity index (χ2v) is 6.70. The van der Waals surface area contributed by atoms with Crippen LogP contribution in [0.4, 0.5) is 0 Å². The number of aromatic nitrogens is 5. The van der Waals surface area contributed by atoms with E-state index in [0.717, 1.165) is 54.6 Å². The molecule has 0 bridgehead atoms. The normalized spacial score (nSPS) is 14.1. The summed E-state index contributed by atoms with van der Waals surface area (Å²) in [6.07, 6.45) is 4.84. The zero-order chi connectivity index (χ0) is 18.1. The third-order valence-corrected chi connectivity index (χ3v) is 4.79. The van der Waals surface area contributed by atoms with Crippen molar-refractivity contribution in [2.24, 2.45) is 0 Å². The highest BCUT2D eigenvalue weighted by atomic mass is 16.5. The first-order chi connectivity index (χ1) is 13.4. The molecule has 136 valence electrons. The second kappa shape index (κ2) is 6.85. The van der Waals surface area contributed by atoms with Crippen LogP contribution in [0.2, 0.25) is 0 Å². The Bertz CT molecular complexity index is 1020. The van der Waals surface area contributed by atoms with Gasteiger partial charge in [-0.25, -0.2) is 4.98 Å². The van der Waals surface area contributed by atoms with Gasteiger partial charge in [-0.2, -0.15) is 5.10 Å². The van der Waals surface area contributed by atoms with Crippen molar-refractivity contribution < 1.29 is 4.52 Å². The van der Waals surface area contributed by atoms with Gasteiger partial charge in [-0.3, -0.25) is 4.68 Å². The number of aryl methyl sites for hydroxylation is 1. The van der Waals surface area contributed by atoms with Crippen molar-refractivity contribution in [2.45, 2.75) is 26.1 Å². The SMILES string of the molecule is c1ccc(-c2cc(Cn3ccnc3-c3cc4n(n3)CCCNC4)no2)cc1. The molecular formula is C20H20N6O. The van der Waals surface area contributed by atoms with Gasteiger partial charge in [0.05, 0.1) is 12.2 Å². The summed E-state index contributed by atoms with van der Waals surface area (Å²) in [4.78, 5) is 4.52. The highest BCUT2D eigenvalue weighted by molar-refractivity contribution is 5.57. The first-order valence-corrected chi connectivity index (χ1v) is 9.17. The van der Waals surface area contributed by atoms with Crippen LogP contribution in [0, 0.1) is 0 Å². The van der Waals surface area contributed by atoms with Crippen LogP contribution in [0.3, 0.4) is 0 Å². The van der Waals surface area contributed by atoms with Crippen molar-refractivity contribution >= 4 is 0 Å². The summed E-state index contributed by atoms with van der Waals surface area (Å²) in [6.45, 7) is 3.40. The largest absolute Gasteiger partial charge is 0.356 e. The molecule has 0 unspecified atom stereocenters. The minimum Gasteiger partial charge on any atom is -0.356 e. The average Bonchev–Trinajstić information content (AvgIpc) is 3.41. The number of rotatable bonds is 4. The van der Waals surface area contributed by atoms with Crippen LogP contribution in [0.15, 0.2) is 59.4 Å². The van der Waals surface area contributed by atoms with Gasteiger partial charge in [0.25, 0.3) is 0 Å². The van der Waals surface area contributed by atoms with E-state index in [4.69, 9.17) is 9.62 Å². The maximum absolute atomic E-state index is 5.51. The predicted molar refractivity (Wildman–Crippen MR) is 101 cm³/mol. The summed E-state index contributed by atoms with van der Waals surface area (Å²) >= 11 is 0. The predicted octanol–water partition coefficient (Wildman–Crippen LogP) is 2.94. The van der Waals surface area contributed by atoms with Crippen LogP contribution < -0.4 is 5.32 Å². The van der Waals surface area contributed by atoms with Crippen LogP contribution in [-0.2, 0) is 19.6 Å². The van der Waals surface area contributed by atoms with E-state index in [0.29, 0.717) is 6.54 Å². The molecule has 1 aliphatic rings. The van der Waals surface area contributed by atoms with Gasteiger partial charge in [0.1, 0.15) is 11.4 Å². The maximum atomic E-state index is 5.51. The molecule has 1 aliphatic heterocycles. The van der Waals surface area contributed by atoms with E-state index in [-0.39, 0.29) is 0 Å². The number of benzene rings is 1. The molecule has 5 rings (SSSR count). The molecule has 4 heterocycles. The first-order valence-electron chi connectivity index (χ1n) is 9.17. The molecule has 0 saturated heterocycles. The van der Waals surface area contributed by atoms with E-state index in [1.165, 1.54) is 5.69 Å². The van der Waals surface area contributed by atoms with Crippen molar-refractivity contribution in [3.05, 3.63) is 66.2 Å². The van der Waals surface area contributed by atoms with Gasteiger partial charge in [-0.15, -0.1) is 0 Å². The standard InChI is InChI=1S/C20H20N6O/c1-2-5-15(6-3-1)19-11-16(24-27-19)14-25-10-8-22-20(25)18-12-17-13-21-7-4-9-26(17)23-18/h1-3,5-6,8,10-12,21H,4,7,9,13-14H2. The number of nitrogens with zero attached hydrogens (tertiary/aromatic N) is 5. The molecule has 0 fully saturated rings. The Morgan fingerprint density at radius 3 is 3.00 bits per heavy atom. The van der Waals surface area contributed by atoms with E-state index in [9.17, 15) is 0 Å². The fraction of sp³-hybridized carbons (Fsp3) is 0.250. The third-order valence-electron chi connectivity index (χ3n) is 4.79. The Labute approximate surface area is 156 Å². The zero-order valence-corrected chi connectivity index (χ0v) is 14.9.